The summed E-state index contributed by atoms with van der Waals surface area (Å²) in [5.41, 5.74) is 3.40. The van der Waals surface area contributed by atoms with Crippen molar-refractivity contribution in [1.29, 1.82) is 5.26 Å². The van der Waals surface area contributed by atoms with Gasteiger partial charge in [-0.2, -0.15) is 5.26 Å². The monoisotopic (exact) mass is 494 g/mol. The Bertz CT molecular complexity index is 1240. The lowest BCUT2D eigenvalue weighted by Gasteiger charge is -2.09. The highest BCUT2D eigenvalue weighted by molar-refractivity contribution is 7.99. The summed E-state index contributed by atoms with van der Waals surface area (Å²) in [4.78, 5) is 26.2. The molecule has 176 valence electrons. The first-order valence-electron chi connectivity index (χ1n) is 11.2. The van der Waals surface area contributed by atoms with Crippen molar-refractivity contribution in [2.75, 3.05) is 11.1 Å². The second kappa shape index (κ2) is 10.8. The lowest BCUT2D eigenvalue weighted by molar-refractivity contribution is -0.113. The molecule has 0 fully saturated rings. The molecule has 0 atom stereocenters. The molecule has 0 saturated carbocycles. The third-order valence-electron chi connectivity index (χ3n) is 5.70. The molecular weight excluding hydrogens is 468 g/mol. The average molecular weight is 495 g/mol. The van der Waals surface area contributed by atoms with E-state index < -0.39 is 0 Å². The van der Waals surface area contributed by atoms with Crippen LogP contribution in [0.25, 0.3) is 0 Å². The van der Waals surface area contributed by atoms with Gasteiger partial charge in [0.15, 0.2) is 11.0 Å². The van der Waals surface area contributed by atoms with Gasteiger partial charge in [-0.05, 0) is 57.2 Å². The Morgan fingerprint density at radius 2 is 1.97 bits per heavy atom. The summed E-state index contributed by atoms with van der Waals surface area (Å²) in [5.74, 6) is 0.427. The Balaban J connectivity index is 1.35. The van der Waals surface area contributed by atoms with E-state index in [1.54, 1.807) is 12.1 Å². The maximum atomic E-state index is 12.6. The van der Waals surface area contributed by atoms with Crippen molar-refractivity contribution in [2.24, 2.45) is 0 Å². The number of hydrogen-bond acceptors (Lipinski definition) is 7. The van der Waals surface area contributed by atoms with Gasteiger partial charge in [0, 0.05) is 17.0 Å². The number of thiophene rings is 1. The summed E-state index contributed by atoms with van der Waals surface area (Å²) >= 11 is 2.81. The molecule has 0 radical (unpaired) electrons. The number of nitrogens with zero attached hydrogens (tertiary/aromatic N) is 4. The molecule has 1 aromatic carbocycles. The Labute approximate surface area is 206 Å². The number of carbonyl (C=O) groups is 2. The molecule has 2 amide bonds. The Morgan fingerprint density at radius 3 is 2.71 bits per heavy atom. The number of rotatable bonds is 8. The van der Waals surface area contributed by atoms with Gasteiger partial charge in [-0.25, -0.2) is 0 Å². The lowest BCUT2D eigenvalue weighted by Crippen LogP contribution is -2.24. The van der Waals surface area contributed by atoms with Gasteiger partial charge in [0.2, 0.25) is 5.91 Å². The number of nitrogens with one attached hydrogen (secondary N) is 2. The predicted molar refractivity (Wildman–Crippen MR) is 133 cm³/mol. The van der Waals surface area contributed by atoms with E-state index in [9.17, 15) is 14.9 Å². The number of amides is 2. The van der Waals surface area contributed by atoms with Gasteiger partial charge in [-0.3, -0.25) is 9.59 Å². The Kier molecular flexibility index (Phi) is 7.65. The van der Waals surface area contributed by atoms with E-state index in [1.165, 1.54) is 28.0 Å². The van der Waals surface area contributed by atoms with Gasteiger partial charge in [0.1, 0.15) is 11.1 Å². The minimum absolute atomic E-state index is 0.154. The van der Waals surface area contributed by atoms with Gasteiger partial charge in [-0.1, -0.05) is 29.5 Å². The molecule has 3 aromatic rings. The smallest absolute Gasteiger partial charge is 0.251 e. The third-order valence-corrected chi connectivity index (χ3v) is 7.87. The Hall–Kier alpha value is -3.16. The molecule has 34 heavy (non-hydrogen) atoms. The van der Waals surface area contributed by atoms with E-state index in [0.717, 1.165) is 36.8 Å². The van der Waals surface area contributed by atoms with Crippen molar-refractivity contribution in [2.45, 2.75) is 57.8 Å². The molecule has 2 heterocycles. The topological polar surface area (TPSA) is 113 Å². The first-order chi connectivity index (χ1) is 16.5. The summed E-state index contributed by atoms with van der Waals surface area (Å²) in [5, 5.41) is 25.1. The van der Waals surface area contributed by atoms with E-state index in [-0.39, 0.29) is 24.1 Å². The van der Waals surface area contributed by atoms with Gasteiger partial charge in [0.05, 0.1) is 17.9 Å². The van der Waals surface area contributed by atoms with Gasteiger partial charge in [0.25, 0.3) is 5.91 Å². The highest BCUT2D eigenvalue weighted by atomic mass is 32.2. The zero-order chi connectivity index (χ0) is 24.1. The fraction of sp³-hybridized carbons (Fsp3) is 0.375. The number of hydrogen-bond donors (Lipinski definition) is 2. The zero-order valence-electron chi connectivity index (χ0n) is 19.2. The highest BCUT2D eigenvalue weighted by Gasteiger charge is 2.22. The van der Waals surface area contributed by atoms with Crippen LogP contribution in [0.15, 0.2) is 29.4 Å². The van der Waals surface area contributed by atoms with Crippen molar-refractivity contribution in [1.82, 2.24) is 20.1 Å². The van der Waals surface area contributed by atoms with Crippen LogP contribution in [0.3, 0.4) is 0 Å². The molecule has 4 rings (SSSR count). The van der Waals surface area contributed by atoms with E-state index in [4.69, 9.17) is 0 Å². The minimum atomic E-state index is -0.181. The fourth-order valence-electron chi connectivity index (χ4n) is 3.91. The number of benzene rings is 1. The van der Waals surface area contributed by atoms with Gasteiger partial charge < -0.3 is 15.2 Å². The van der Waals surface area contributed by atoms with Crippen LogP contribution < -0.4 is 10.6 Å². The van der Waals surface area contributed by atoms with Crippen molar-refractivity contribution in [3.05, 3.63) is 57.2 Å². The van der Waals surface area contributed by atoms with Crippen LogP contribution in [0.1, 0.15) is 57.5 Å². The normalized spacial score (nSPS) is 12.6. The molecule has 0 saturated heterocycles. The molecule has 10 heteroatoms. The van der Waals surface area contributed by atoms with Crippen molar-refractivity contribution in [3.63, 3.8) is 0 Å². The largest absolute Gasteiger partial charge is 0.345 e. The number of nitriles is 1. The standard InChI is InChI=1S/C24H26N6O2S2/c1-3-30-20(13-26-22(32)16-10-8-15(2)9-11-16)28-29-24(30)33-14-21(31)27-23-18(12-25)17-6-4-5-7-19(17)34-23/h8-11H,3-7,13-14H2,1-2H3,(H,26,32)(H,27,31). The molecular formula is C24H26N6O2S2. The minimum Gasteiger partial charge on any atom is -0.345 e. The molecule has 8 nitrogen and oxygen atoms in total. The number of aryl methyl sites for hydroxylation is 2. The number of carbonyl (C=O) groups excluding carboxylic acids is 2. The maximum absolute atomic E-state index is 12.6. The number of thioether (sulfide) groups is 1. The quantitative estimate of drug-likeness (QED) is 0.456. The lowest BCUT2D eigenvalue weighted by atomic mass is 9.96. The zero-order valence-corrected chi connectivity index (χ0v) is 20.8. The van der Waals surface area contributed by atoms with Crippen molar-refractivity contribution in [3.8, 4) is 6.07 Å². The number of anilines is 1. The summed E-state index contributed by atoms with van der Waals surface area (Å²) in [6, 6.07) is 9.64. The van der Waals surface area contributed by atoms with E-state index >= 15 is 0 Å². The van der Waals surface area contributed by atoms with Crippen LogP contribution >= 0.6 is 23.1 Å². The van der Waals surface area contributed by atoms with Crippen LogP contribution in [0.4, 0.5) is 5.00 Å². The summed E-state index contributed by atoms with van der Waals surface area (Å²) < 4.78 is 1.89. The van der Waals surface area contributed by atoms with Gasteiger partial charge >= 0.3 is 0 Å². The second-order valence-corrected chi connectivity index (χ2v) is 10.1. The van der Waals surface area contributed by atoms with E-state index in [0.29, 0.717) is 33.7 Å². The molecule has 2 N–H and O–H groups in total. The van der Waals surface area contributed by atoms with Crippen LogP contribution in [-0.2, 0) is 30.7 Å². The van der Waals surface area contributed by atoms with Crippen LogP contribution in [0.5, 0.6) is 0 Å². The molecule has 0 bridgehead atoms. The number of fused-ring (bicyclic) bond motifs is 1. The summed E-state index contributed by atoms with van der Waals surface area (Å²) in [6.45, 7) is 4.80. The third kappa shape index (κ3) is 5.32. The molecule has 2 aromatic heterocycles. The van der Waals surface area contributed by atoms with Gasteiger partial charge in [-0.15, -0.1) is 21.5 Å². The molecule has 0 unspecified atom stereocenters. The first-order valence-corrected chi connectivity index (χ1v) is 13.0. The Morgan fingerprint density at radius 1 is 1.21 bits per heavy atom. The molecule has 1 aliphatic carbocycles. The van der Waals surface area contributed by atoms with Crippen LogP contribution in [0, 0.1) is 18.3 Å². The van der Waals surface area contributed by atoms with Crippen molar-refractivity contribution >= 4 is 39.9 Å². The van der Waals surface area contributed by atoms with Crippen LogP contribution in [0.2, 0.25) is 0 Å². The predicted octanol–water partition coefficient (Wildman–Crippen LogP) is 4.08. The maximum Gasteiger partial charge on any atom is 0.251 e. The van der Waals surface area contributed by atoms with E-state index in [1.807, 2.05) is 30.5 Å². The molecule has 0 aliphatic heterocycles. The van der Waals surface area contributed by atoms with E-state index in [2.05, 4.69) is 26.9 Å². The van der Waals surface area contributed by atoms with Crippen molar-refractivity contribution < 1.29 is 9.59 Å². The summed E-state index contributed by atoms with van der Waals surface area (Å²) in [7, 11) is 0. The van der Waals surface area contributed by atoms with Crippen LogP contribution in [-0.4, -0.2) is 32.3 Å². The molecule has 0 spiro atoms. The first kappa shape index (κ1) is 24.0. The fourth-order valence-corrected chi connectivity index (χ4v) is 5.98. The average Bonchev–Trinajstić information content (AvgIpc) is 3.41. The number of aromatic nitrogens is 3. The highest BCUT2D eigenvalue weighted by Crippen LogP contribution is 2.37. The second-order valence-electron chi connectivity index (χ2n) is 8.06. The summed E-state index contributed by atoms with van der Waals surface area (Å²) in [6.07, 6.45) is 4.09. The molecule has 1 aliphatic rings. The SMILES string of the molecule is CCn1c(CNC(=O)c2ccc(C)cc2)nnc1SCC(=O)Nc1sc2c(c1C#N)CCCC2.